The maximum Gasteiger partial charge on any atom is 0.260 e. The molecule has 0 radical (unpaired) electrons. The summed E-state index contributed by atoms with van der Waals surface area (Å²) < 4.78 is 4.99. The number of aromatic amines is 1. The van der Waals surface area contributed by atoms with E-state index in [-0.39, 0.29) is 23.3 Å². The lowest BCUT2D eigenvalue weighted by atomic mass is 9.97. The first kappa shape index (κ1) is 17.4. The predicted molar refractivity (Wildman–Crippen MR) is 97.1 cm³/mol. The fraction of sp³-hybridized carbons (Fsp3) is 0.562. The van der Waals surface area contributed by atoms with E-state index in [0.29, 0.717) is 11.8 Å². The van der Waals surface area contributed by atoms with E-state index in [2.05, 4.69) is 15.3 Å². The van der Waals surface area contributed by atoms with E-state index in [9.17, 15) is 9.59 Å². The topological polar surface area (TPSA) is 84.1 Å². The van der Waals surface area contributed by atoms with Crippen molar-refractivity contribution in [3.63, 3.8) is 0 Å². The summed E-state index contributed by atoms with van der Waals surface area (Å²) >= 11 is 2.87. The second-order valence-electron chi connectivity index (χ2n) is 5.97. The van der Waals surface area contributed by atoms with Crippen LogP contribution < -0.4 is 10.9 Å². The SMILES string of the molecule is COC[C@@H](C)NC(=O)CSc1nc2sc3c(c2c(=O)[nH]1)CCCC3. The number of rotatable bonds is 6. The van der Waals surface area contributed by atoms with Crippen molar-refractivity contribution < 1.29 is 9.53 Å². The molecule has 2 aromatic rings. The van der Waals surface area contributed by atoms with Gasteiger partial charge < -0.3 is 15.0 Å². The van der Waals surface area contributed by atoms with Crippen LogP contribution >= 0.6 is 23.1 Å². The lowest BCUT2D eigenvalue weighted by molar-refractivity contribution is -0.119. The van der Waals surface area contributed by atoms with E-state index in [1.165, 1.54) is 28.6 Å². The van der Waals surface area contributed by atoms with Crippen LogP contribution in [0, 0.1) is 0 Å². The largest absolute Gasteiger partial charge is 0.383 e. The lowest BCUT2D eigenvalue weighted by Gasteiger charge is -2.12. The van der Waals surface area contributed by atoms with Gasteiger partial charge in [-0.2, -0.15) is 0 Å². The second kappa shape index (κ2) is 7.67. The van der Waals surface area contributed by atoms with Crippen LogP contribution in [0.1, 0.15) is 30.2 Å². The molecule has 1 atom stereocenters. The van der Waals surface area contributed by atoms with Crippen molar-refractivity contribution >= 4 is 39.2 Å². The molecule has 2 N–H and O–H groups in total. The van der Waals surface area contributed by atoms with Crippen molar-refractivity contribution in [2.75, 3.05) is 19.5 Å². The number of thioether (sulfide) groups is 1. The molecule has 6 nitrogen and oxygen atoms in total. The number of hydrogen-bond acceptors (Lipinski definition) is 6. The molecule has 1 aliphatic carbocycles. The fourth-order valence-electron chi connectivity index (χ4n) is 2.95. The van der Waals surface area contributed by atoms with Crippen LogP contribution in [0.15, 0.2) is 9.95 Å². The molecule has 8 heteroatoms. The zero-order chi connectivity index (χ0) is 17.1. The standard InChI is InChI=1S/C16H21N3O3S2/c1-9(7-22-2)17-12(20)8-23-16-18-14(21)13-10-5-3-4-6-11(10)24-15(13)19-16/h9H,3-8H2,1-2H3,(H,17,20)(H,18,19,21)/t9-/m1/s1. The summed E-state index contributed by atoms with van der Waals surface area (Å²) in [5.41, 5.74) is 1.09. The Morgan fingerprint density at radius 3 is 3.04 bits per heavy atom. The van der Waals surface area contributed by atoms with E-state index in [1.807, 2.05) is 6.92 Å². The number of nitrogens with one attached hydrogen (secondary N) is 2. The van der Waals surface area contributed by atoms with Gasteiger partial charge >= 0.3 is 0 Å². The van der Waals surface area contributed by atoms with Crippen molar-refractivity contribution in [1.29, 1.82) is 0 Å². The molecular formula is C16H21N3O3S2. The van der Waals surface area contributed by atoms with Gasteiger partial charge in [-0.25, -0.2) is 4.98 Å². The van der Waals surface area contributed by atoms with Gasteiger partial charge in [-0.1, -0.05) is 11.8 Å². The number of carbonyl (C=O) groups excluding carboxylic acids is 1. The number of aromatic nitrogens is 2. The van der Waals surface area contributed by atoms with E-state index < -0.39 is 0 Å². The smallest absolute Gasteiger partial charge is 0.260 e. The van der Waals surface area contributed by atoms with Gasteiger partial charge in [-0.05, 0) is 38.2 Å². The Labute approximate surface area is 148 Å². The molecule has 2 heterocycles. The van der Waals surface area contributed by atoms with Gasteiger partial charge in [0.1, 0.15) is 4.83 Å². The first-order valence-electron chi connectivity index (χ1n) is 8.04. The summed E-state index contributed by atoms with van der Waals surface area (Å²) in [6.07, 6.45) is 4.32. The molecule has 0 saturated heterocycles. The third kappa shape index (κ3) is 3.81. The summed E-state index contributed by atoms with van der Waals surface area (Å²) in [7, 11) is 1.60. The van der Waals surface area contributed by atoms with Gasteiger partial charge in [0.2, 0.25) is 5.91 Å². The van der Waals surface area contributed by atoms with Crippen LogP contribution in [0.3, 0.4) is 0 Å². The van der Waals surface area contributed by atoms with Crippen molar-refractivity contribution in [3.8, 4) is 0 Å². The number of thiophene rings is 1. The first-order valence-corrected chi connectivity index (χ1v) is 9.84. The van der Waals surface area contributed by atoms with Gasteiger partial charge in [0, 0.05) is 18.0 Å². The quantitative estimate of drug-likeness (QED) is 0.603. The van der Waals surface area contributed by atoms with E-state index in [1.54, 1.807) is 18.4 Å². The minimum Gasteiger partial charge on any atom is -0.383 e. The summed E-state index contributed by atoms with van der Waals surface area (Å²) in [6, 6.07) is -0.0402. The van der Waals surface area contributed by atoms with Crippen LogP contribution in [0.4, 0.5) is 0 Å². The normalized spacial score (nSPS) is 15.2. The van der Waals surface area contributed by atoms with Crippen LogP contribution in [0.25, 0.3) is 10.2 Å². The molecule has 130 valence electrons. The monoisotopic (exact) mass is 367 g/mol. The third-order valence-corrected chi connectivity index (χ3v) is 6.03. The minimum atomic E-state index is -0.0993. The van der Waals surface area contributed by atoms with Crippen molar-refractivity contribution in [2.45, 2.75) is 43.8 Å². The molecule has 0 aliphatic heterocycles. The summed E-state index contributed by atoms with van der Waals surface area (Å²) in [6.45, 7) is 2.35. The molecule has 0 spiro atoms. The maximum absolute atomic E-state index is 12.4. The van der Waals surface area contributed by atoms with E-state index in [4.69, 9.17) is 4.74 Å². The van der Waals surface area contributed by atoms with Gasteiger partial charge in [-0.15, -0.1) is 11.3 Å². The average molecular weight is 367 g/mol. The molecule has 2 aromatic heterocycles. The molecule has 0 saturated carbocycles. The molecule has 0 unspecified atom stereocenters. The Morgan fingerprint density at radius 2 is 2.25 bits per heavy atom. The Hall–Kier alpha value is -1.38. The number of methoxy groups -OCH3 is 1. The lowest BCUT2D eigenvalue weighted by Crippen LogP contribution is -2.36. The van der Waals surface area contributed by atoms with E-state index in [0.717, 1.165) is 29.5 Å². The maximum atomic E-state index is 12.4. The predicted octanol–water partition coefficient (Wildman–Crippen LogP) is 2.11. The summed E-state index contributed by atoms with van der Waals surface area (Å²) in [4.78, 5) is 33.8. The number of fused-ring (bicyclic) bond motifs is 3. The van der Waals surface area contributed by atoms with E-state index >= 15 is 0 Å². The van der Waals surface area contributed by atoms with Crippen molar-refractivity contribution in [3.05, 3.63) is 20.8 Å². The molecule has 0 bridgehead atoms. The van der Waals surface area contributed by atoms with Gasteiger partial charge in [0.15, 0.2) is 5.16 Å². The molecule has 1 aliphatic rings. The summed E-state index contributed by atoms with van der Waals surface area (Å²) in [5.74, 6) is 0.117. The van der Waals surface area contributed by atoms with Crippen molar-refractivity contribution in [1.82, 2.24) is 15.3 Å². The molecule has 3 rings (SSSR count). The summed E-state index contributed by atoms with van der Waals surface area (Å²) in [5, 5.41) is 4.09. The van der Waals surface area contributed by atoms with Gasteiger partial charge in [0.05, 0.1) is 17.7 Å². The number of amides is 1. The Balaban J connectivity index is 1.72. The molecule has 24 heavy (non-hydrogen) atoms. The number of aryl methyl sites for hydroxylation is 2. The van der Waals surface area contributed by atoms with Crippen molar-refractivity contribution in [2.24, 2.45) is 0 Å². The van der Waals surface area contributed by atoms with Gasteiger partial charge in [0.25, 0.3) is 5.56 Å². The Bertz CT molecular complexity index is 800. The molecule has 1 amide bonds. The highest BCUT2D eigenvalue weighted by Gasteiger charge is 2.20. The van der Waals surface area contributed by atoms with Crippen LogP contribution in [0.5, 0.6) is 0 Å². The zero-order valence-corrected chi connectivity index (χ0v) is 15.4. The highest BCUT2D eigenvalue weighted by Crippen LogP contribution is 2.34. The van der Waals surface area contributed by atoms with Crippen LogP contribution in [-0.2, 0) is 22.4 Å². The molecule has 0 aromatic carbocycles. The number of carbonyl (C=O) groups is 1. The first-order chi connectivity index (χ1) is 11.6. The molecular weight excluding hydrogens is 346 g/mol. The third-order valence-electron chi connectivity index (χ3n) is 3.97. The number of ether oxygens (including phenoxy) is 1. The Kier molecular flexibility index (Phi) is 5.57. The highest BCUT2D eigenvalue weighted by atomic mass is 32.2. The number of nitrogens with zero attached hydrogens (tertiary/aromatic N) is 1. The average Bonchev–Trinajstić information content (AvgIpc) is 2.92. The van der Waals surface area contributed by atoms with Crippen LogP contribution in [-0.4, -0.2) is 41.4 Å². The van der Waals surface area contributed by atoms with Gasteiger partial charge in [-0.3, -0.25) is 9.59 Å². The Morgan fingerprint density at radius 1 is 1.46 bits per heavy atom. The zero-order valence-electron chi connectivity index (χ0n) is 13.8. The second-order valence-corrected chi connectivity index (χ2v) is 8.02. The van der Waals surface area contributed by atoms with Crippen LogP contribution in [0.2, 0.25) is 0 Å². The number of hydrogen-bond donors (Lipinski definition) is 2. The highest BCUT2D eigenvalue weighted by molar-refractivity contribution is 7.99. The number of H-pyrrole nitrogens is 1. The minimum absolute atomic E-state index is 0.0402. The fourth-order valence-corrected chi connectivity index (χ4v) is 4.95. The molecule has 0 fully saturated rings.